The average Bonchev–Trinajstić information content (AvgIpc) is 2.20. The number of hydrogen-bond donors (Lipinski definition) is 0. The Morgan fingerprint density at radius 1 is 1.38 bits per heavy atom. The molecule has 0 N–H and O–H groups in total. The molecule has 1 aromatic heterocycles. The SMILES string of the molecule is Cc1cccnc1C1C=CC=CC1. The van der Waals surface area contributed by atoms with Crippen molar-refractivity contribution >= 4 is 0 Å². The summed E-state index contributed by atoms with van der Waals surface area (Å²) in [4.78, 5) is 4.42. The van der Waals surface area contributed by atoms with E-state index >= 15 is 0 Å². The molecule has 1 atom stereocenters. The zero-order chi connectivity index (χ0) is 9.10. The Hall–Kier alpha value is -1.37. The van der Waals surface area contributed by atoms with E-state index in [4.69, 9.17) is 0 Å². The molecule has 1 nitrogen and oxygen atoms in total. The van der Waals surface area contributed by atoms with Crippen LogP contribution in [0, 0.1) is 6.92 Å². The van der Waals surface area contributed by atoms with E-state index in [-0.39, 0.29) is 0 Å². The summed E-state index contributed by atoms with van der Waals surface area (Å²) in [5.41, 5.74) is 2.50. The molecule has 1 aliphatic rings. The Kier molecular flexibility index (Phi) is 2.26. The molecule has 0 spiro atoms. The topological polar surface area (TPSA) is 12.9 Å². The quantitative estimate of drug-likeness (QED) is 0.633. The lowest BCUT2D eigenvalue weighted by Crippen LogP contribution is -2.01. The molecular weight excluding hydrogens is 158 g/mol. The molecule has 0 saturated carbocycles. The fourth-order valence-electron chi connectivity index (χ4n) is 1.67. The van der Waals surface area contributed by atoms with Gasteiger partial charge in [0.15, 0.2) is 0 Å². The van der Waals surface area contributed by atoms with Crippen molar-refractivity contribution in [1.29, 1.82) is 0 Å². The van der Waals surface area contributed by atoms with Gasteiger partial charge in [-0.2, -0.15) is 0 Å². The minimum absolute atomic E-state index is 0.478. The maximum atomic E-state index is 4.42. The van der Waals surface area contributed by atoms with Gasteiger partial charge < -0.3 is 0 Å². The van der Waals surface area contributed by atoms with Gasteiger partial charge in [0.05, 0.1) is 5.69 Å². The Balaban J connectivity index is 2.30. The normalized spacial score (nSPS) is 20.5. The maximum absolute atomic E-state index is 4.42. The van der Waals surface area contributed by atoms with Crippen molar-refractivity contribution in [3.63, 3.8) is 0 Å². The summed E-state index contributed by atoms with van der Waals surface area (Å²) in [6.45, 7) is 2.12. The number of rotatable bonds is 1. The highest BCUT2D eigenvalue weighted by atomic mass is 14.7. The lowest BCUT2D eigenvalue weighted by atomic mass is 9.94. The number of pyridine rings is 1. The van der Waals surface area contributed by atoms with Gasteiger partial charge in [-0.25, -0.2) is 0 Å². The van der Waals surface area contributed by atoms with Gasteiger partial charge in [0.1, 0.15) is 0 Å². The third-order valence-corrected chi connectivity index (χ3v) is 2.38. The van der Waals surface area contributed by atoms with Gasteiger partial charge in [0, 0.05) is 12.1 Å². The van der Waals surface area contributed by atoms with E-state index in [1.165, 1.54) is 11.3 Å². The van der Waals surface area contributed by atoms with Crippen LogP contribution in [0.3, 0.4) is 0 Å². The van der Waals surface area contributed by atoms with E-state index in [1.54, 1.807) is 0 Å². The predicted molar refractivity (Wildman–Crippen MR) is 54.6 cm³/mol. The standard InChI is InChI=1S/C12H13N/c1-10-6-5-9-13-12(10)11-7-3-2-4-8-11/h2-7,9,11H,8H2,1H3. The molecule has 1 heteroatoms. The van der Waals surface area contributed by atoms with Crippen molar-refractivity contribution in [2.45, 2.75) is 19.3 Å². The van der Waals surface area contributed by atoms with Crippen LogP contribution in [0.4, 0.5) is 0 Å². The average molecular weight is 171 g/mol. The first-order chi connectivity index (χ1) is 6.38. The molecule has 0 bridgehead atoms. The molecule has 0 radical (unpaired) electrons. The molecule has 2 rings (SSSR count). The number of aryl methyl sites for hydroxylation is 1. The first-order valence-corrected chi connectivity index (χ1v) is 4.63. The molecule has 0 aliphatic heterocycles. The van der Waals surface area contributed by atoms with E-state index in [0.29, 0.717) is 5.92 Å². The van der Waals surface area contributed by atoms with Crippen molar-refractivity contribution in [1.82, 2.24) is 4.98 Å². The maximum Gasteiger partial charge on any atom is 0.0504 e. The van der Waals surface area contributed by atoms with Gasteiger partial charge in [-0.1, -0.05) is 30.4 Å². The monoisotopic (exact) mass is 171 g/mol. The zero-order valence-electron chi connectivity index (χ0n) is 7.77. The fraction of sp³-hybridized carbons (Fsp3) is 0.250. The highest BCUT2D eigenvalue weighted by Gasteiger charge is 2.11. The fourth-order valence-corrected chi connectivity index (χ4v) is 1.67. The Morgan fingerprint density at radius 3 is 3.00 bits per heavy atom. The van der Waals surface area contributed by atoms with Crippen molar-refractivity contribution < 1.29 is 0 Å². The molecule has 1 unspecified atom stereocenters. The van der Waals surface area contributed by atoms with Crippen LogP contribution in [0.5, 0.6) is 0 Å². The van der Waals surface area contributed by atoms with E-state index < -0.39 is 0 Å². The number of hydrogen-bond acceptors (Lipinski definition) is 1. The summed E-state index contributed by atoms with van der Waals surface area (Å²) in [6, 6.07) is 4.11. The third kappa shape index (κ3) is 1.69. The Bertz CT molecular complexity index is 350. The van der Waals surface area contributed by atoms with E-state index in [9.17, 15) is 0 Å². The molecule has 1 aromatic rings. The minimum atomic E-state index is 0.478. The summed E-state index contributed by atoms with van der Waals surface area (Å²) in [7, 11) is 0. The molecule has 0 fully saturated rings. The first kappa shape index (κ1) is 8.24. The molecule has 66 valence electrons. The van der Waals surface area contributed by atoms with Crippen LogP contribution in [0.2, 0.25) is 0 Å². The predicted octanol–water partition coefficient (Wildman–Crippen LogP) is 2.99. The Labute approximate surface area is 78.8 Å². The van der Waals surface area contributed by atoms with Crippen LogP contribution < -0.4 is 0 Å². The van der Waals surface area contributed by atoms with E-state index in [2.05, 4.69) is 42.3 Å². The van der Waals surface area contributed by atoms with Gasteiger partial charge in [0.25, 0.3) is 0 Å². The molecule has 1 heterocycles. The van der Waals surface area contributed by atoms with Crippen molar-refractivity contribution in [2.75, 3.05) is 0 Å². The minimum Gasteiger partial charge on any atom is -0.260 e. The number of nitrogens with zero attached hydrogens (tertiary/aromatic N) is 1. The largest absolute Gasteiger partial charge is 0.260 e. The summed E-state index contributed by atoms with van der Waals surface area (Å²) in [5, 5.41) is 0. The van der Waals surface area contributed by atoms with Crippen molar-refractivity contribution in [2.24, 2.45) is 0 Å². The molecular formula is C12H13N. The second-order valence-corrected chi connectivity index (χ2v) is 3.36. The van der Waals surface area contributed by atoms with Crippen LogP contribution in [0.1, 0.15) is 23.6 Å². The second kappa shape index (κ2) is 3.56. The molecule has 0 amide bonds. The molecule has 0 saturated heterocycles. The summed E-state index contributed by atoms with van der Waals surface area (Å²) < 4.78 is 0. The van der Waals surface area contributed by atoms with Gasteiger partial charge in [-0.05, 0) is 25.0 Å². The van der Waals surface area contributed by atoms with Gasteiger partial charge >= 0.3 is 0 Å². The van der Waals surface area contributed by atoms with Crippen LogP contribution in [0.15, 0.2) is 42.6 Å². The highest BCUT2D eigenvalue weighted by Crippen LogP contribution is 2.24. The smallest absolute Gasteiger partial charge is 0.0504 e. The molecule has 0 aromatic carbocycles. The van der Waals surface area contributed by atoms with Crippen molar-refractivity contribution in [3.05, 3.63) is 53.9 Å². The molecule has 1 aliphatic carbocycles. The van der Waals surface area contributed by atoms with Gasteiger partial charge in [-0.3, -0.25) is 4.98 Å². The van der Waals surface area contributed by atoms with E-state index in [1.807, 2.05) is 12.3 Å². The van der Waals surface area contributed by atoms with Gasteiger partial charge in [0.2, 0.25) is 0 Å². The van der Waals surface area contributed by atoms with E-state index in [0.717, 1.165) is 6.42 Å². The summed E-state index contributed by atoms with van der Waals surface area (Å²) in [5.74, 6) is 0.478. The van der Waals surface area contributed by atoms with Crippen molar-refractivity contribution in [3.8, 4) is 0 Å². The third-order valence-electron chi connectivity index (χ3n) is 2.38. The van der Waals surface area contributed by atoms with Crippen LogP contribution in [-0.4, -0.2) is 4.98 Å². The summed E-state index contributed by atoms with van der Waals surface area (Å²) >= 11 is 0. The second-order valence-electron chi connectivity index (χ2n) is 3.36. The van der Waals surface area contributed by atoms with Crippen LogP contribution >= 0.6 is 0 Å². The molecule has 13 heavy (non-hydrogen) atoms. The Morgan fingerprint density at radius 2 is 2.31 bits per heavy atom. The highest BCUT2D eigenvalue weighted by molar-refractivity contribution is 5.29. The zero-order valence-corrected chi connectivity index (χ0v) is 7.77. The summed E-state index contributed by atoms with van der Waals surface area (Å²) in [6.07, 6.45) is 11.5. The van der Waals surface area contributed by atoms with Crippen LogP contribution in [0.25, 0.3) is 0 Å². The van der Waals surface area contributed by atoms with Crippen LogP contribution in [-0.2, 0) is 0 Å². The first-order valence-electron chi connectivity index (χ1n) is 4.63. The lowest BCUT2D eigenvalue weighted by Gasteiger charge is -2.14. The number of allylic oxidation sites excluding steroid dienone is 4. The van der Waals surface area contributed by atoms with Gasteiger partial charge in [-0.15, -0.1) is 0 Å². The lowest BCUT2D eigenvalue weighted by molar-refractivity contribution is 0.806. The number of aromatic nitrogens is 1.